The minimum Gasteiger partial charge on any atom is -0.481 e. The van der Waals surface area contributed by atoms with Crippen molar-refractivity contribution in [1.29, 1.82) is 0 Å². The summed E-state index contributed by atoms with van der Waals surface area (Å²) >= 11 is 0. The predicted octanol–water partition coefficient (Wildman–Crippen LogP) is 4.41. The van der Waals surface area contributed by atoms with Crippen molar-refractivity contribution < 1.29 is 37.0 Å². The van der Waals surface area contributed by atoms with Crippen molar-refractivity contribution in [2.75, 3.05) is 26.2 Å². The van der Waals surface area contributed by atoms with Crippen LogP contribution in [0.4, 0.5) is 17.6 Å². The van der Waals surface area contributed by atoms with E-state index in [-0.39, 0.29) is 37.2 Å². The van der Waals surface area contributed by atoms with E-state index in [1.165, 1.54) is 24.3 Å². The molecule has 0 radical (unpaired) electrons. The van der Waals surface area contributed by atoms with E-state index in [4.69, 9.17) is 0 Å². The molecule has 0 atom stereocenters. The number of ether oxygens (including phenoxy) is 1. The van der Waals surface area contributed by atoms with Crippen LogP contribution in [0.3, 0.4) is 0 Å². The number of fused-ring (bicyclic) bond motifs is 3. The molecule has 202 valence electrons. The third kappa shape index (κ3) is 5.47. The van der Waals surface area contributed by atoms with Crippen LogP contribution in [0.25, 0.3) is 10.9 Å². The molecule has 3 heterocycles. The van der Waals surface area contributed by atoms with Crippen molar-refractivity contribution in [1.82, 2.24) is 14.4 Å². The van der Waals surface area contributed by atoms with Crippen molar-refractivity contribution in [2.24, 2.45) is 5.92 Å². The molecule has 1 aromatic heterocycles. The van der Waals surface area contributed by atoms with Crippen molar-refractivity contribution in [3.05, 3.63) is 65.1 Å². The van der Waals surface area contributed by atoms with Gasteiger partial charge in [-0.15, -0.1) is 13.2 Å². The third-order valence-corrected chi connectivity index (χ3v) is 7.35. The van der Waals surface area contributed by atoms with E-state index >= 15 is 4.39 Å². The number of carbonyl (C=O) groups is 2. The Morgan fingerprint density at radius 2 is 1.79 bits per heavy atom. The highest BCUT2D eigenvalue weighted by Crippen LogP contribution is 2.34. The van der Waals surface area contributed by atoms with Gasteiger partial charge in [-0.3, -0.25) is 14.5 Å². The Kier molecular flexibility index (Phi) is 7.04. The highest BCUT2D eigenvalue weighted by Gasteiger charge is 2.32. The van der Waals surface area contributed by atoms with Crippen LogP contribution in [-0.2, 0) is 29.1 Å². The first-order valence-electron chi connectivity index (χ1n) is 12.4. The van der Waals surface area contributed by atoms with Gasteiger partial charge in [-0.25, -0.2) is 4.39 Å². The average molecular weight is 534 g/mol. The Morgan fingerprint density at radius 1 is 1.05 bits per heavy atom. The number of likely N-dealkylation sites (tertiary alicyclic amines) is 1. The van der Waals surface area contributed by atoms with E-state index < -0.39 is 18.1 Å². The van der Waals surface area contributed by atoms with Crippen LogP contribution >= 0.6 is 0 Å². The van der Waals surface area contributed by atoms with Gasteiger partial charge in [0, 0.05) is 24.2 Å². The molecule has 0 aliphatic carbocycles. The number of piperidine rings is 1. The van der Waals surface area contributed by atoms with Gasteiger partial charge in [0.05, 0.1) is 24.5 Å². The summed E-state index contributed by atoms with van der Waals surface area (Å²) in [5.74, 6) is -2.09. The molecule has 5 rings (SSSR count). The minimum atomic E-state index is -4.83. The molecule has 0 spiro atoms. The standard InChI is InChI=1S/C27H27F4N3O4/c28-22-6-2-5-21-20-9-12-33(24(35)16-32-10-7-18(8-11-32)26(36)37)15-23(20)34(25(21)22)14-17-3-1-4-19(13-17)38-27(29,30)31/h1-6,13,18H,7-12,14-16H2,(H,36,37). The number of halogens is 4. The number of alkyl halides is 3. The number of carboxylic acids is 1. The first kappa shape index (κ1) is 26.0. The van der Waals surface area contributed by atoms with Gasteiger partial charge in [0.25, 0.3) is 0 Å². The second-order valence-electron chi connectivity index (χ2n) is 9.80. The summed E-state index contributed by atoms with van der Waals surface area (Å²) in [6, 6.07) is 10.4. The number of hydrogen-bond donors (Lipinski definition) is 1. The molecule has 2 aliphatic heterocycles. The maximum atomic E-state index is 15.1. The van der Waals surface area contributed by atoms with Crippen LogP contribution < -0.4 is 4.74 Å². The molecular weight excluding hydrogens is 506 g/mol. The summed E-state index contributed by atoms with van der Waals surface area (Å²) in [5, 5.41) is 9.93. The fraction of sp³-hybridized carbons (Fsp3) is 0.407. The lowest BCUT2D eigenvalue weighted by atomic mass is 9.97. The van der Waals surface area contributed by atoms with E-state index in [1.54, 1.807) is 21.6 Å². The number of carboxylic acid groups (broad SMARTS) is 1. The van der Waals surface area contributed by atoms with Gasteiger partial charge in [-0.1, -0.05) is 24.3 Å². The van der Waals surface area contributed by atoms with Crippen LogP contribution in [-0.4, -0.2) is 63.9 Å². The highest BCUT2D eigenvalue weighted by molar-refractivity contribution is 5.87. The molecule has 1 amide bonds. The molecule has 11 heteroatoms. The molecule has 1 N–H and O–H groups in total. The Hall–Kier alpha value is -3.60. The lowest BCUT2D eigenvalue weighted by Gasteiger charge is -2.33. The quantitative estimate of drug-likeness (QED) is 0.476. The monoisotopic (exact) mass is 533 g/mol. The lowest BCUT2D eigenvalue weighted by molar-refractivity contribution is -0.274. The summed E-state index contributed by atoms with van der Waals surface area (Å²) in [7, 11) is 0. The number of benzene rings is 2. The van der Waals surface area contributed by atoms with E-state index in [9.17, 15) is 27.9 Å². The largest absolute Gasteiger partial charge is 0.573 e. The first-order chi connectivity index (χ1) is 18.1. The van der Waals surface area contributed by atoms with Crippen molar-refractivity contribution in [2.45, 2.75) is 38.7 Å². The number of carbonyl (C=O) groups excluding carboxylic acids is 1. The Balaban J connectivity index is 1.39. The van der Waals surface area contributed by atoms with Crippen molar-refractivity contribution >= 4 is 22.8 Å². The van der Waals surface area contributed by atoms with E-state index in [2.05, 4.69) is 4.74 Å². The van der Waals surface area contributed by atoms with Gasteiger partial charge in [0.15, 0.2) is 0 Å². The molecular formula is C27H27F4N3O4. The van der Waals surface area contributed by atoms with Crippen LogP contribution in [0, 0.1) is 11.7 Å². The molecule has 2 aliphatic rings. The molecule has 0 saturated carbocycles. The number of rotatable bonds is 6. The topological polar surface area (TPSA) is 75.0 Å². The van der Waals surface area contributed by atoms with Gasteiger partial charge in [0.1, 0.15) is 11.6 Å². The summed E-state index contributed by atoms with van der Waals surface area (Å²) in [4.78, 5) is 28.1. The molecule has 1 saturated heterocycles. The van der Waals surface area contributed by atoms with E-state index in [1.807, 2.05) is 11.0 Å². The smallest absolute Gasteiger partial charge is 0.481 e. The van der Waals surface area contributed by atoms with Crippen LogP contribution in [0.15, 0.2) is 42.5 Å². The average Bonchev–Trinajstić information content (AvgIpc) is 3.17. The summed E-state index contributed by atoms with van der Waals surface area (Å²) in [6.45, 7) is 2.04. The highest BCUT2D eigenvalue weighted by atomic mass is 19.4. The fourth-order valence-corrected chi connectivity index (χ4v) is 5.49. The van der Waals surface area contributed by atoms with Crippen LogP contribution in [0.5, 0.6) is 5.75 Å². The van der Waals surface area contributed by atoms with E-state index in [0.717, 1.165) is 16.6 Å². The molecule has 0 bridgehead atoms. The second-order valence-corrected chi connectivity index (χ2v) is 9.80. The molecule has 0 unspecified atom stereocenters. The Bertz CT molecular complexity index is 1360. The summed E-state index contributed by atoms with van der Waals surface area (Å²) in [6.07, 6.45) is -3.31. The number of aliphatic carboxylic acids is 1. The first-order valence-corrected chi connectivity index (χ1v) is 12.4. The lowest BCUT2D eigenvalue weighted by Crippen LogP contribution is -2.45. The van der Waals surface area contributed by atoms with Gasteiger partial charge >= 0.3 is 12.3 Å². The maximum absolute atomic E-state index is 15.1. The number of amides is 1. The number of para-hydroxylation sites is 1. The normalized spacial score (nSPS) is 17.0. The number of nitrogens with zero attached hydrogens (tertiary/aromatic N) is 3. The minimum absolute atomic E-state index is 0.0951. The Labute approximate surface area is 216 Å². The van der Waals surface area contributed by atoms with Gasteiger partial charge < -0.3 is 19.3 Å². The molecule has 2 aromatic carbocycles. The molecule has 38 heavy (non-hydrogen) atoms. The summed E-state index contributed by atoms with van der Waals surface area (Å²) in [5.41, 5.74) is 2.52. The van der Waals surface area contributed by atoms with Gasteiger partial charge in [0.2, 0.25) is 5.91 Å². The van der Waals surface area contributed by atoms with Gasteiger partial charge in [-0.05, 0) is 61.7 Å². The maximum Gasteiger partial charge on any atom is 0.573 e. The molecule has 3 aromatic rings. The van der Waals surface area contributed by atoms with Crippen LogP contribution in [0.1, 0.15) is 29.7 Å². The number of hydrogen-bond acceptors (Lipinski definition) is 4. The van der Waals surface area contributed by atoms with E-state index in [0.29, 0.717) is 50.0 Å². The van der Waals surface area contributed by atoms with Crippen LogP contribution in [0.2, 0.25) is 0 Å². The zero-order chi connectivity index (χ0) is 27.0. The second kappa shape index (κ2) is 10.3. The Morgan fingerprint density at radius 3 is 2.50 bits per heavy atom. The molecule has 1 fully saturated rings. The number of aromatic nitrogens is 1. The van der Waals surface area contributed by atoms with Crippen molar-refractivity contribution in [3.8, 4) is 5.75 Å². The van der Waals surface area contributed by atoms with Crippen molar-refractivity contribution in [3.63, 3.8) is 0 Å². The SMILES string of the molecule is O=C(O)C1CCN(CC(=O)N2CCc3c(n(Cc4cccc(OC(F)(F)F)c4)c4c(F)cccc34)C2)CC1. The zero-order valence-electron chi connectivity index (χ0n) is 20.5. The fourth-order valence-electron chi connectivity index (χ4n) is 5.49. The zero-order valence-corrected chi connectivity index (χ0v) is 20.5. The third-order valence-electron chi connectivity index (χ3n) is 7.35. The summed E-state index contributed by atoms with van der Waals surface area (Å²) < 4.78 is 59.1. The van der Waals surface area contributed by atoms with Gasteiger partial charge in [-0.2, -0.15) is 0 Å². The molecule has 7 nitrogen and oxygen atoms in total. The predicted molar refractivity (Wildman–Crippen MR) is 130 cm³/mol.